The van der Waals surface area contributed by atoms with Gasteiger partial charge in [0.05, 0.1) is 17.6 Å². The molecule has 0 unspecified atom stereocenters. The zero-order chi connectivity index (χ0) is 18.8. The number of aromatic amines is 1. The second-order valence-electron chi connectivity index (χ2n) is 8.35. The number of hydrogen-bond donors (Lipinski definition) is 2. The van der Waals surface area contributed by atoms with Gasteiger partial charge in [0.15, 0.2) is 0 Å². The van der Waals surface area contributed by atoms with Gasteiger partial charge in [0.25, 0.3) is 0 Å². The van der Waals surface area contributed by atoms with E-state index in [-0.39, 0.29) is 17.6 Å². The van der Waals surface area contributed by atoms with Crippen LogP contribution >= 0.6 is 0 Å². The van der Waals surface area contributed by atoms with Crippen LogP contribution in [0.2, 0.25) is 0 Å². The molecule has 1 saturated carbocycles. The van der Waals surface area contributed by atoms with Crippen molar-refractivity contribution in [3.63, 3.8) is 0 Å². The number of piperidine rings is 1. The highest BCUT2D eigenvalue weighted by Gasteiger charge is 2.25. The van der Waals surface area contributed by atoms with Crippen molar-refractivity contribution in [2.24, 2.45) is 5.92 Å². The maximum atomic E-state index is 12.4. The van der Waals surface area contributed by atoms with E-state index in [1.165, 1.54) is 12.8 Å². The van der Waals surface area contributed by atoms with Gasteiger partial charge in [-0.2, -0.15) is 0 Å². The second-order valence-corrected chi connectivity index (χ2v) is 8.35. The van der Waals surface area contributed by atoms with Gasteiger partial charge in [0, 0.05) is 25.2 Å². The summed E-state index contributed by atoms with van der Waals surface area (Å²) in [5.41, 5.74) is 1.84. The highest BCUT2D eigenvalue weighted by atomic mass is 16.2. The number of benzene rings is 1. The third-order valence-electron chi connectivity index (χ3n) is 6.29. The SMILES string of the molecule is CC1CCC(NC(=O)CN2CCC(n3c(=O)[nH]c4ccccc43)CC2)CC1. The molecule has 6 heteroatoms. The van der Waals surface area contributed by atoms with Crippen LogP contribution in [0.1, 0.15) is 51.5 Å². The first-order valence-electron chi connectivity index (χ1n) is 10.3. The first-order valence-corrected chi connectivity index (χ1v) is 10.3. The molecule has 1 aromatic carbocycles. The number of carbonyl (C=O) groups is 1. The van der Waals surface area contributed by atoms with Crippen molar-refractivity contribution in [2.75, 3.05) is 19.6 Å². The zero-order valence-corrected chi connectivity index (χ0v) is 16.1. The summed E-state index contributed by atoms with van der Waals surface area (Å²) in [5, 5.41) is 3.22. The Balaban J connectivity index is 1.30. The molecule has 2 heterocycles. The van der Waals surface area contributed by atoms with Crippen LogP contribution in [-0.4, -0.2) is 46.0 Å². The van der Waals surface area contributed by atoms with E-state index >= 15 is 0 Å². The monoisotopic (exact) mass is 370 g/mol. The summed E-state index contributed by atoms with van der Waals surface area (Å²) in [7, 11) is 0. The van der Waals surface area contributed by atoms with Crippen molar-refractivity contribution < 1.29 is 4.79 Å². The molecule has 0 spiro atoms. The number of aromatic nitrogens is 2. The minimum Gasteiger partial charge on any atom is -0.352 e. The van der Waals surface area contributed by atoms with Gasteiger partial charge >= 0.3 is 5.69 Å². The number of imidazole rings is 1. The van der Waals surface area contributed by atoms with Gasteiger partial charge in [-0.15, -0.1) is 0 Å². The molecule has 6 nitrogen and oxygen atoms in total. The van der Waals surface area contributed by atoms with Crippen molar-refractivity contribution in [2.45, 2.75) is 57.5 Å². The summed E-state index contributed by atoms with van der Waals surface area (Å²) >= 11 is 0. The molecule has 27 heavy (non-hydrogen) atoms. The van der Waals surface area contributed by atoms with Gasteiger partial charge in [-0.3, -0.25) is 14.3 Å². The van der Waals surface area contributed by atoms with Crippen molar-refractivity contribution in [3.8, 4) is 0 Å². The molecule has 0 radical (unpaired) electrons. The molecule has 2 aromatic rings. The van der Waals surface area contributed by atoms with Gasteiger partial charge in [-0.1, -0.05) is 19.1 Å². The molecule has 4 rings (SSSR count). The Hall–Kier alpha value is -2.08. The lowest BCUT2D eigenvalue weighted by Gasteiger charge is -2.33. The van der Waals surface area contributed by atoms with Crippen LogP contribution in [0.15, 0.2) is 29.1 Å². The van der Waals surface area contributed by atoms with Crippen molar-refractivity contribution in [3.05, 3.63) is 34.7 Å². The van der Waals surface area contributed by atoms with E-state index in [1.807, 2.05) is 28.8 Å². The Morgan fingerprint density at radius 1 is 1.11 bits per heavy atom. The summed E-state index contributed by atoms with van der Waals surface area (Å²) in [6.45, 7) is 4.47. The lowest BCUT2D eigenvalue weighted by molar-refractivity contribution is -0.123. The van der Waals surface area contributed by atoms with Crippen LogP contribution in [0.5, 0.6) is 0 Å². The molecule has 146 valence electrons. The van der Waals surface area contributed by atoms with Gasteiger partial charge in [-0.25, -0.2) is 4.79 Å². The molecular formula is C21H30N4O2. The lowest BCUT2D eigenvalue weighted by Crippen LogP contribution is -2.46. The molecule has 1 amide bonds. The molecule has 1 aliphatic heterocycles. The molecule has 1 aliphatic carbocycles. The summed E-state index contributed by atoms with van der Waals surface area (Å²) in [4.78, 5) is 29.9. The smallest absolute Gasteiger partial charge is 0.326 e. The lowest BCUT2D eigenvalue weighted by atomic mass is 9.87. The van der Waals surface area contributed by atoms with Crippen molar-refractivity contribution >= 4 is 16.9 Å². The summed E-state index contributed by atoms with van der Waals surface area (Å²) in [5.74, 6) is 0.947. The molecule has 2 fully saturated rings. The predicted octanol–water partition coefficient (Wildman–Crippen LogP) is 2.66. The van der Waals surface area contributed by atoms with Crippen molar-refractivity contribution in [1.29, 1.82) is 0 Å². The Morgan fingerprint density at radius 2 is 1.81 bits per heavy atom. The summed E-state index contributed by atoms with van der Waals surface area (Å²) < 4.78 is 1.90. The summed E-state index contributed by atoms with van der Waals surface area (Å²) in [6, 6.07) is 8.41. The average Bonchev–Trinajstić information content (AvgIpc) is 3.00. The molecule has 0 bridgehead atoms. The number of nitrogens with zero attached hydrogens (tertiary/aromatic N) is 2. The number of hydrogen-bond acceptors (Lipinski definition) is 3. The minimum absolute atomic E-state index is 0.0288. The van der Waals surface area contributed by atoms with Crippen molar-refractivity contribution in [1.82, 2.24) is 19.8 Å². The van der Waals surface area contributed by atoms with E-state index in [2.05, 4.69) is 22.1 Å². The number of rotatable bonds is 4. The van der Waals surface area contributed by atoms with Crippen LogP contribution in [0.4, 0.5) is 0 Å². The van der Waals surface area contributed by atoms with Crippen LogP contribution in [0.3, 0.4) is 0 Å². The first kappa shape index (κ1) is 18.3. The molecule has 2 aliphatic rings. The third-order valence-corrected chi connectivity index (χ3v) is 6.29. The molecule has 0 atom stereocenters. The first-order chi connectivity index (χ1) is 13.1. The highest BCUT2D eigenvalue weighted by Crippen LogP contribution is 2.25. The largest absolute Gasteiger partial charge is 0.352 e. The van der Waals surface area contributed by atoms with Gasteiger partial charge in [-0.05, 0) is 56.6 Å². The predicted molar refractivity (Wildman–Crippen MR) is 107 cm³/mol. The number of fused-ring (bicyclic) bond motifs is 1. The van der Waals surface area contributed by atoms with E-state index in [9.17, 15) is 9.59 Å². The number of nitrogens with one attached hydrogen (secondary N) is 2. The van der Waals surface area contributed by atoms with Gasteiger partial charge < -0.3 is 10.3 Å². The van der Waals surface area contributed by atoms with Crippen LogP contribution in [0.25, 0.3) is 11.0 Å². The number of likely N-dealkylation sites (tertiary alicyclic amines) is 1. The standard InChI is InChI=1S/C21H30N4O2/c1-15-6-8-16(9-7-15)22-20(26)14-24-12-10-17(11-13-24)25-19-5-3-2-4-18(19)23-21(25)27/h2-5,15-17H,6-14H2,1H3,(H,22,26)(H,23,27). The topological polar surface area (TPSA) is 70.1 Å². The van der Waals surface area contributed by atoms with E-state index in [1.54, 1.807) is 0 Å². The fourth-order valence-electron chi connectivity index (χ4n) is 4.65. The maximum Gasteiger partial charge on any atom is 0.326 e. The molecule has 2 N–H and O–H groups in total. The average molecular weight is 370 g/mol. The number of carbonyl (C=O) groups excluding carboxylic acids is 1. The Kier molecular flexibility index (Phi) is 5.34. The van der Waals surface area contributed by atoms with E-state index in [0.29, 0.717) is 12.6 Å². The highest BCUT2D eigenvalue weighted by molar-refractivity contribution is 5.78. The van der Waals surface area contributed by atoms with Crippen LogP contribution in [-0.2, 0) is 4.79 Å². The Bertz CT molecular complexity index is 839. The normalized spacial score (nSPS) is 24.9. The maximum absolute atomic E-state index is 12.4. The fraction of sp³-hybridized carbons (Fsp3) is 0.619. The zero-order valence-electron chi connectivity index (χ0n) is 16.1. The van der Waals surface area contributed by atoms with Crippen LogP contribution in [0, 0.1) is 5.92 Å². The molecule has 1 aromatic heterocycles. The minimum atomic E-state index is -0.0288. The Morgan fingerprint density at radius 3 is 2.56 bits per heavy atom. The molecule has 1 saturated heterocycles. The van der Waals surface area contributed by atoms with Gasteiger partial charge in [0.1, 0.15) is 0 Å². The van der Waals surface area contributed by atoms with E-state index < -0.39 is 0 Å². The number of H-pyrrole nitrogens is 1. The van der Waals surface area contributed by atoms with E-state index in [0.717, 1.165) is 55.7 Å². The quantitative estimate of drug-likeness (QED) is 0.869. The third kappa shape index (κ3) is 4.10. The second kappa shape index (κ2) is 7.89. The van der Waals surface area contributed by atoms with Gasteiger partial charge in [0.2, 0.25) is 5.91 Å². The van der Waals surface area contributed by atoms with Crippen LogP contribution < -0.4 is 11.0 Å². The fourth-order valence-corrected chi connectivity index (χ4v) is 4.65. The Labute approximate surface area is 159 Å². The van der Waals surface area contributed by atoms with E-state index in [4.69, 9.17) is 0 Å². The number of amides is 1. The molecular weight excluding hydrogens is 340 g/mol. The summed E-state index contributed by atoms with van der Waals surface area (Å²) in [6.07, 6.45) is 6.45. The number of para-hydroxylation sites is 2.